The van der Waals surface area contributed by atoms with E-state index in [0.29, 0.717) is 0 Å². The highest BCUT2D eigenvalue weighted by atomic mass is 16.2. The van der Waals surface area contributed by atoms with E-state index in [4.69, 9.17) is 0 Å². The van der Waals surface area contributed by atoms with E-state index in [0.717, 1.165) is 18.9 Å². The third-order valence-electron chi connectivity index (χ3n) is 2.30. The molecule has 0 heterocycles. The van der Waals surface area contributed by atoms with Gasteiger partial charge in [0.05, 0.1) is 6.04 Å². The lowest BCUT2D eigenvalue weighted by Gasteiger charge is -2.12. The average Bonchev–Trinajstić information content (AvgIpc) is 2.15. The molecule has 1 amide bonds. The van der Waals surface area contributed by atoms with Crippen molar-refractivity contribution < 1.29 is 4.79 Å². The molecule has 0 aromatic rings. The molecule has 14 heavy (non-hydrogen) atoms. The molecule has 0 aromatic carbocycles. The topological polar surface area (TPSA) is 41.1 Å². The monoisotopic (exact) mass is 200 g/mol. The molecular formula is C11H24N2O. The van der Waals surface area contributed by atoms with Gasteiger partial charge in [0, 0.05) is 7.05 Å². The van der Waals surface area contributed by atoms with E-state index < -0.39 is 0 Å². The Bertz CT molecular complexity index is 157. The van der Waals surface area contributed by atoms with Crippen LogP contribution in [0.1, 0.15) is 40.0 Å². The Kier molecular flexibility index (Phi) is 7.48. The second-order valence-electron chi connectivity index (χ2n) is 4.18. The molecule has 1 unspecified atom stereocenters. The summed E-state index contributed by atoms with van der Waals surface area (Å²) < 4.78 is 0. The fraction of sp³-hybridized carbons (Fsp3) is 0.909. The second kappa shape index (κ2) is 7.80. The minimum atomic E-state index is -0.0703. The average molecular weight is 200 g/mol. The molecule has 0 aliphatic heterocycles. The van der Waals surface area contributed by atoms with Crippen LogP contribution in [0.25, 0.3) is 0 Å². The standard InChI is InChI=1S/C11H24N2O/c1-9(2)7-5-6-8-13-10(3)11(14)12-4/h9-10,13H,5-8H2,1-4H3,(H,12,14). The van der Waals surface area contributed by atoms with Crippen LogP contribution in [-0.2, 0) is 4.79 Å². The van der Waals surface area contributed by atoms with Gasteiger partial charge in [-0.05, 0) is 25.8 Å². The summed E-state index contributed by atoms with van der Waals surface area (Å²) in [5.74, 6) is 0.847. The molecule has 1 atom stereocenters. The van der Waals surface area contributed by atoms with Gasteiger partial charge in [-0.3, -0.25) is 4.79 Å². The van der Waals surface area contributed by atoms with Crippen molar-refractivity contribution in [3.05, 3.63) is 0 Å². The van der Waals surface area contributed by atoms with Crippen molar-refractivity contribution in [3.8, 4) is 0 Å². The Morgan fingerprint density at radius 3 is 2.36 bits per heavy atom. The third kappa shape index (κ3) is 6.89. The Balaban J connectivity index is 3.31. The van der Waals surface area contributed by atoms with Gasteiger partial charge in [-0.25, -0.2) is 0 Å². The van der Waals surface area contributed by atoms with Crippen molar-refractivity contribution in [2.24, 2.45) is 5.92 Å². The van der Waals surface area contributed by atoms with Crippen LogP contribution in [0.2, 0.25) is 0 Å². The van der Waals surface area contributed by atoms with Gasteiger partial charge in [0.1, 0.15) is 0 Å². The van der Waals surface area contributed by atoms with Gasteiger partial charge in [-0.15, -0.1) is 0 Å². The van der Waals surface area contributed by atoms with E-state index in [1.807, 2.05) is 6.92 Å². The first-order chi connectivity index (χ1) is 6.57. The van der Waals surface area contributed by atoms with Gasteiger partial charge >= 0.3 is 0 Å². The minimum Gasteiger partial charge on any atom is -0.358 e. The van der Waals surface area contributed by atoms with Gasteiger partial charge < -0.3 is 10.6 Å². The van der Waals surface area contributed by atoms with Gasteiger partial charge in [0.2, 0.25) is 5.91 Å². The van der Waals surface area contributed by atoms with E-state index in [2.05, 4.69) is 24.5 Å². The largest absolute Gasteiger partial charge is 0.358 e. The molecule has 84 valence electrons. The fourth-order valence-electron chi connectivity index (χ4n) is 1.31. The molecule has 0 aromatic heterocycles. The van der Waals surface area contributed by atoms with Crippen LogP contribution in [0.4, 0.5) is 0 Å². The summed E-state index contributed by atoms with van der Waals surface area (Å²) in [5, 5.41) is 5.82. The molecule has 2 N–H and O–H groups in total. The van der Waals surface area contributed by atoms with Crippen molar-refractivity contribution in [2.75, 3.05) is 13.6 Å². The van der Waals surface area contributed by atoms with Gasteiger partial charge in [0.25, 0.3) is 0 Å². The van der Waals surface area contributed by atoms with Crippen LogP contribution in [0, 0.1) is 5.92 Å². The summed E-state index contributed by atoms with van der Waals surface area (Å²) in [5.41, 5.74) is 0. The highest BCUT2D eigenvalue weighted by Crippen LogP contribution is 2.05. The summed E-state index contributed by atoms with van der Waals surface area (Å²) >= 11 is 0. The lowest BCUT2D eigenvalue weighted by Crippen LogP contribution is -2.40. The molecule has 0 saturated heterocycles. The van der Waals surface area contributed by atoms with Crippen LogP contribution in [0.3, 0.4) is 0 Å². The zero-order chi connectivity index (χ0) is 11.0. The smallest absolute Gasteiger partial charge is 0.236 e. The molecule has 0 bridgehead atoms. The lowest BCUT2D eigenvalue weighted by atomic mass is 10.1. The van der Waals surface area contributed by atoms with Crippen molar-refractivity contribution in [3.63, 3.8) is 0 Å². The predicted molar refractivity (Wildman–Crippen MR) is 60.2 cm³/mol. The summed E-state index contributed by atoms with van der Waals surface area (Å²) in [7, 11) is 1.67. The molecular weight excluding hydrogens is 176 g/mol. The van der Waals surface area contributed by atoms with Gasteiger partial charge in [-0.1, -0.05) is 26.7 Å². The first-order valence-electron chi connectivity index (χ1n) is 5.53. The maximum absolute atomic E-state index is 11.1. The Morgan fingerprint density at radius 2 is 1.86 bits per heavy atom. The Hall–Kier alpha value is -0.570. The van der Waals surface area contributed by atoms with E-state index in [1.54, 1.807) is 7.05 Å². The predicted octanol–water partition coefficient (Wildman–Crippen LogP) is 1.54. The summed E-state index contributed by atoms with van der Waals surface area (Å²) in [4.78, 5) is 11.1. The fourth-order valence-corrected chi connectivity index (χ4v) is 1.31. The maximum Gasteiger partial charge on any atom is 0.236 e. The normalized spacial score (nSPS) is 12.9. The molecule has 0 radical (unpaired) electrons. The quantitative estimate of drug-likeness (QED) is 0.612. The summed E-state index contributed by atoms with van der Waals surface area (Å²) in [6.45, 7) is 7.30. The number of likely N-dealkylation sites (N-methyl/N-ethyl adjacent to an activating group) is 1. The molecule has 0 spiro atoms. The van der Waals surface area contributed by atoms with E-state index >= 15 is 0 Å². The first-order valence-corrected chi connectivity index (χ1v) is 5.53. The van der Waals surface area contributed by atoms with Crippen LogP contribution in [0.15, 0.2) is 0 Å². The molecule has 3 nitrogen and oxygen atoms in total. The highest BCUT2D eigenvalue weighted by molar-refractivity contribution is 5.80. The van der Waals surface area contributed by atoms with Gasteiger partial charge in [-0.2, -0.15) is 0 Å². The summed E-state index contributed by atoms with van der Waals surface area (Å²) in [6.07, 6.45) is 3.67. The Labute approximate surface area is 87.6 Å². The number of hydrogen-bond donors (Lipinski definition) is 2. The maximum atomic E-state index is 11.1. The number of unbranched alkanes of at least 4 members (excludes halogenated alkanes) is 1. The van der Waals surface area contributed by atoms with E-state index in [1.165, 1.54) is 12.8 Å². The lowest BCUT2D eigenvalue weighted by molar-refractivity contribution is -0.122. The van der Waals surface area contributed by atoms with Crippen molar-refractivity contribution in [2.45, 2.75) is 46.1 Å². The number of amides is 1. The van der Waals surface area contributed by atoms with Crippen molar-refractivity contribution in [1.82, 2.24) is 10.6 Å². The molecule has 0 rings (SSSR count). The number of rotatable bonds is 7. The SMILES string of the molecule is CNC(=O)C(C)NCCCCC(C)C. The Morgan fingerprint density at radius 1 is 1.21 bits per heavy atom. The second-order valence-corrected chi connectivity index (χ2v) is 4.18. The van der Waals surface area contributed by atoms with Crippen molar-refractivity contribution >= 4 is 5.91 Å². The zero-order valence-corrected chi connectivity index (χ0v) is 9.89. The zero-order valence-electron chi connectivity index (χ0n) is 9.89. The number of carbonyl (C=O) groups is 1. The molecule has 0 aliphatic rings. The molecule has 0 aliphatic carbocycles. The highest BCUT2D eigenvalue weighted by Gasteiger charge is 2.08. The number of hydrogen-bond acceptors (Lipinski definition) is 2. The van der Waals surface area contributed by atoms with E-state index in [-0.39, 0.29) is 11.9 Å². The number of carbonyl (C=O) groups excluding carboxylic acids is 1. The van der Waals surface area contributed by atoms with E-state index in [9.17, 15) is 4.79 Å². The van der Waals surface area contributed by atoms with Crippen LogP contribution >= 0.6 is 0 Å². The molecule has 3 heteroatoms. The molecule has 0 fully saturated rings. The van der Waals surface area contributed by atoms with Gasteiger partial charge in [0.15, 0.2) is 0 Å². The van der Waals surface area contributed by atoms with Crippen molar-refractivity contribution in [1.29, 1.82) is 0 Å². The van der Waals surface area contributed by atoms with Crippen LogP contribution in [-0.4, -0.2) is 25.5 Å². The summed E-state index contributed by atoms with van der Waals surface area (Å²) in [6, 6.07) is -0.0703. The van der Waals surface area contributed by atoms with Crippen LogP contribution in [0.5, 0.6) is 0 Å². The third-order valence-corrected chi connectivity index (χ3v) is 2.30. The van der Waals surface area contributed by atoms with Crippen LogP contribution < -0.4 is 10.6 Å². The first kappa shape index (κ1) is 13.4. The number of nitrogens with one attached hydrogen (secondary N) is 2. The minimum absolute atomic E-state index is 0.0638. The molecule has 0 saturated carbocycles.